The summed E-state index contributed by atoms with van der Waals surface area (Å²) in [6, 6.07) is 3.29. The number of carboxylic acids is 1. The van der Waals surface area contributed by atoms with Crippen LogP contribution in [0.5, 0.6) is 0 Å². The highest BCUT2D eigenvalue weighted by Crippen LogP contribution is 2.29. The van der Waals surface area contributed by atoms with Crippen LogP contribution in [-0.2, 0) is 4.79 Å². The van der Waals surface area contributed by atoms with Gasteiger partial charge in [-0.25, -0.2) is 9.97 Å². The highest BCUT2D eigenvalue weighted by molar-refractivity contribution is 5.94. The molecule has 10 heteroatoms. The molecule has 26 heavy (non-hydrogen) atoms. The number of carboxylic acid groups (broad SMARTS) is 1. The molecule has 0 aromatic carbocycles. The third-order valence-electron chi connectivity index (χ3n) is 4.22. The Balaban J connectivity index is 1.66. The normalized spacial score (nSPS) is 14.7. The summed E-state index contributed by atoms with van der Waals surface area (Å²) >= 11 is 0. The average molecular weight is 357 g/mol. The number of nitrogens with two attached hydrogens (primary N) is 1. The molecule has 1 amide bonds. The summed E-state index contributed by atoms with van der Waals surface area (Å²) in [5.74, 6) is -0.707. The quantitative estimate of drug-likeness (QED) is 0.562. The fourth-order valence-electron chi connectivity index (χ4n) is 2.76. The fourth-order valence-corrected chi connectivity index (χ4v) is 2.76. The first-order valence-corrected chi connectivity index (χ1v) is 8.11. The number of carbonyl (C=O) groups is 2. The standard InChI is InChI=1S/C16H19N7O3/c17-12-13(21-22-15(24)11-2-1-5-18-8-11)19-9-20-14(12)23-6-3-10(4-7-23)16(25)26/h1-2,5,8-10H,3-4,6-7,17H2,(H,22,24)(H,25,26)(H,19,20,21). The van der Waals surface area contributed by atoms with Crippen LogP contribution in [0.25, 0.3) is 0 Å². The molecule has 1 saturated heterocycles. The molecule has 0 radical (unpaired) electrons. The van der Waals surface area contributed by atoms with E-state index < -0.39 is 5.97 Å². The van der Waals surface area contributed by atoms with Gasteiger partial charge in [0.25, 0.3) is 5.91 Å². The molecule has 10 nitrogen and oxygen atoms in total. The minimum Gasteiger partial charge on any atom is -0.481 e. The van der Waals surface area contributed by atoms with Crippen molar-refractivity contribution in [3.05, 3.63) is 36.4 Å². The second-order valence-electron chi connectivity index (χ2n) is 5.88. The van der Waals surface area contributed by atoms with E-state index >= 15 is 0 Å². The van der Waals surface area contributed by atoms with E-state index in [2.05, 4.69) is 25.8 Å². The van der Waals surface area contributed by atoms with Crippen molar-refractivity contribution in [2.75, 3.05) is 29.1 Å². The van der Waals surface area contributed by atoms with Crippen molar-refractivity contribution in [3.8, 4) is 0 Å². The maximum atomic E-state index is 12.1. The Morgan fingerprint density at radius 1 is 1.27 bits per heavy atom. The molecule has 1 aliphatic rings. The average Bonchev–Trinajstić information content (AvgIpc) is 2.67. The van der Waals surface area contributed by atoms with E-state index in [4.69, 9.17) is 10.8 Å². The van der Waals surface area contributed by atoms with Gasteiger partial charge in [-0.15, -0.1) is 0 Å². The summed E-state index contributed by atoms with van der Waals surface area (Å²) in [5, 5.41) is 9.09. The van der Waals surface area contributed by atoms with E-state index in [1.54, 1.807) is 18.3 Å². The number of hydrogen-bond donors (Lipinski definition) is 4. The van der Waals surface area contributed by atoms with Crippen molar-refractivity contribution < 1.29 is 14.7 Å². The van der Waals surface area contributed by atoms with Crippen molar-refractivity contribution >= 4 is 29.2 Å². The van der Waals surface area contributed by atoms with Gasteiger partial charge >= 0.3 is 5.97 Å². The van der Waals surface area contributed by atoms with Crippen LogP contribution in [-0.4, -0.2) is 45.0 Å². The van der Waals surface area contributed by atoms with E-state index in [-0.39, 0.29) is 23.3 Å². The largest absolute Gasteiger partial charge is 0.481 e. The minimum atomic E-state index is -0.777. The summed E-state index contributed by atoms with van der Waals surface area (Å²) in [6.07, 6.45) is 5.41. The van der Waals surface area contributed by atoms with Crippen LogP contribution in [0.4, 0.5) is 17.3 Å². The minimum absolute atomic E-state index is 0.271. The molecule has 3 rings (SSSR count). The first-order valence-electron chi connectivity index (χ1n) is 8.11. The van der Waals surface area contributed by atoms with Crippen LogP contribution in [0.3, 0.4) is 0 Å². The second kappa shape index (κ2) is 7.64. The maximum Gasteiger partial charge on any atom is 0.306 e. The van der Waals surface area contributed by atoms with E-state index in [0.717, 1.165) is 0 Å². The molecule has 136 valence electrons. The van der Waals surface area contributed by atoms with Crippen molar-refractivity contribution in [2.45, 2.75) is 12.8 Å². The first kappa shape index (κ1) is 17.4. The van der Waals surface area contributed by atoms with Gasteiger partial charge in [0.05, 0.1) is 11.5 Å². The Morgan fingerprint density at radius 3 is 2.69 bits per heavy atom. The van der Waals surface area contributed by atoms with Gasteiger partial charge in [-0.3, -0.25) is 25.4 Å². The van der Waals surface area contributed by atoms with Crippen LogP contribution in [0.15, 0.2) is 30.9 Å². The number of aliphatic carboxylic acids is 1. The zero-order valence-electron chi connectivity index (χ0n) is 13.9. The summed E-state index contributed by atoms with van der Waals surface area (Å²) < 4.78 is 0. The van der Waals surface area contributed by atoms with Gasteiger partial charge in [-0.05, 0) is 25.0 Å². The first-order chi connectivity index (χ1) is 12.6. The molecule has 3 heterocycles. The van der Waals surface area contributed by atoms with Crippen LogP contribution in [0.1, 0.15) is 23.2 Å². The molecule has 0 aliphatic carbocycles. The maximum absolute atomic E-state index is 12.1. The van der Waals surface area contributed by atoms with Crippen molar-refractivity contribution in [2.24, 2.45) is 5.92 Å². The molecule has 2 aromatic rings. The van der Waals surface area contributed by atoms with Gasteiger partial charge in [-0.2, -0.15) is 0 Å². The van der Waals surface area contributed by atoms with Crippen molar-refractivity contribution in [1.29, 1.82) is 0 Å². The number of hydrogen-bond acceptors (Lipinski definition) is 8. The molecule has 5 N–H and O–H groups in total. The molecule has 0 spiro atoms. The van der Waals surface area contributed by atoms with Crippen LogP contribution in [0.2, 0.25) is 0 Å². The molecule has 0 bridgehead atoms. The number of aromatic nitrogens is 3. The molecule has 0 atom stereocenters. The molecule has 0 saturated carbocycles. The van der Waals surface area contributed by atoms with Gasteiger partial charge in [0, 0.05) is 25.5 Å². The predicted molar refractivity (Wildman–Crippen MR) is 94.3 cm³/mol. The summed E-state index contributed by atoms with van der Waals surface area (Å²) in [4.78, 5) is 37.2. The number of nitrogen functional groups attached to an aromatic ring is 1. The van der Waals surface area contributed by atoms with Crippen molar-refractivity contribution in [1.82, 2.24) is 20.4 Å². The lowest BCUT2D eigenvalue weighted by Crippen LogP contribution is -2.37. The zero-order chi connectivity index (χ0) is 18.5. The lowest BCUT2D eigenvalue weighted by molar-refractivity contribution is -0.142. The number of piperidine rings is 1. The molecule has 2 aromatic heterocycles. The van der Waals surface area contributed by atoms with Gasteiger partial charge in [-0.1, -0.05) is 0 Å². The zero-order valence-corrected chi connectivity index (χ0v) is 13.9. The van der Waals surface area contributed by atoms with E-state index in [9.17, 15) is 9.59 Å². The highest BCUT2D eigenvalue weighted by atomic mass is 16.4. The Bertz CT molecular complexity index is 792. The van der Waals surface area contributed by atoms with Gasteiger partial charge < -0.3 is 15.7 Å². The molecular formula is C16H19N7O3. The number of pyridine rings is 1. The number of hydrazine groups is 1. The lowest BCUT2D eigenvalue weighted by atomic mass is 9.97. The second-order valence-corrected chi connectivity index (χ2v) is 5.88. The molecular weight excluding hydrogens is 338 g/mol. The monoisotopic (exact) mass is 357 g/mol. The third-order valence-corrected chi connectivity index (χ3v) is 4.22. The Labute approximate surface area is 149 Å². The number of anilines is 3. The Hall–Kier alpha value is -3.43. The topological polar surface area (TPSA) is 146 Å². The third kappa shape index (κ3) is 3.79. The SMILES string of the molecule is Nc1c(NNC(=O)c2cccnc2)ncnc1N1CCC(C(=O)O)CC1. The van der Waals surface area contributed by atoms with Crippen LogP contribution < -0.4 is 21.5 Å². The summed E-state index contributed by atoms with van der Waals surface area (Å²) in [6.45, 7) is 1.08. The summed E-state index contributed by atoms with van der Waals surface area (Å²) in [7, 11) is 0. The van der Waals surface area contributed by atoms with E-state index in [1.165, 1.54) is 12.5 Å². The van der Waals surface area contributed by atoms with Gasteiger partial charge in [0.1, 0.15) is 12.0 Å². The highest BCUT2D eigenvalue weighted by Gasteiger charge is 2.26. The number of amides is 1. The predicted octanol–water partition coefficient (Wildman–Crippen LogP) is 0.512. The number of nitrogens with zero attached hydrogens (tertiary/aromatic N) is 4. The number of rotatable bonds is 5. The van der Waals surface area contributed by atoms with Crippen LogP contribution >= 0.6 is 0 Å². The van der Waals surface area contributed by atoms with E-state index in [0.29, 0.717) is 37.3 Å². The molecule has 0 unspecified atom stereocenters. The Morgan fingerprint density at radius 2 is 2.04 bits per heavy atom. The molecule has 1 fully saturated rings. The lowest BCUT2D eigenvalue weighted by Gasteiger charge is -2.31. The number of carbonyl (C=O) groups excluding carboxylic acids is 1. The van der Waals surface area contributed by atoms with Gasteiger partial charge in [0.15, 0.2) is 11.6 Å². The van der Waals surface area contributed by atoms with E-state index in [1.807, 2.05) is 4.90 Å². The van der Waals surface area contributed by atoms with Crippen molar-refractivity contribution in [3.63, 3.8) is 0 Å². The number of nitrogens with one attached hydrogen (secondary N) is 2. The Kier molecular flexibility index (Phi) is 5.11. The molecule has 1 aliphatic heterocycles. The van der Waals surface area contributed by atoms with Gasteiger partial charge in [0.2, 0.25) is 0 Å². The smallest absolute Gasteiger partial charge is 0.306 e. The fraction of sp³-hybridized carbons (Fsp3) is 0.312. The summed E-state index contributed by atoms with van der Waals surface area (Å²) in [5.41, 5.74) is 12.0. The van der Waals surface area contributed by atoms with Crippen LogP contribution in [0, 0.1) is 5.92 Å².